The summed E-state index contributed by atoms with van der Waals surface area (Å²) in [5, 5.41) is 11.5. The molecule has 0 heterocycles. The molecule has 0 saturated carbocycles. The van der Waals surface area contributed by atoms with Crippen LogP contribution in [0, 0.1) is 10.1 Å². The van der Waals surface area contributed by atoms with E-state index in [0.717, 1.165) is 0 Å². The highest BCUT2D eigenvalue weighted by molar-refractivity contribution is 7.53. The van der Waals surface area contributed by atoms with Gasteiger partial charge in [-0.2, -0.15) is 0 Å². The molecule has 0 N–H and O–H groups in total. The second kappa shape index (κ2) is 8.95. The molecule has 1 rings (SSSR count). The van der Waals surface area contributed by atoms with Crippen LogP contribution >= 0.6 is 19.2 Å². The van der Waals surface area contributed by atoms with Crippen LogP contribution in [0.25, 0.3) is 0 Å². The average molecular weight is 407 g/mol. The molecule has 146 valence electrons. The van der Waals surface area contributed by atoms with Crippen molar-refractivity contribution in [3.8, 4) is 0 Å². The molecule has 1 amide bonds. The molecule has 0 aliphatic carbocycles. The largest absolute Gasteiger partial charge is 0.349 e. The fourth-order valence-corrected chi connectivity index (χ4v) is 4.35. The van der Waals surface area contributed by atoms with Gasteiger partial charge in [-0.05, 0) is 46.8 Å². The number of rotatable bonds is 8. The molecule has 0 spiro atoms. The third-order valence-electron chi connectivity index (χ3n) is 3.41. The number of nitro groups is 1. The normalized spacial score (nSPS) is 12.1. The summed E-state index contributed by atoms with van der Waals surface area (Å²) in [6, 6.07) is 3.73. The van der Waals surface area contributed by atoms with Crippen LogP contribution in [0.1, 0.15) is 45.0 Å². The maximum atomic E-state index is 13.1. The van der Waals surface area contributed by atoms with E-state index in [4.69, 9.17) is 20.6 Å². The zero-order valence-electron chi connectivity index (χ0n) is 15.5. The lowest BCUT2D eigenvalue weighted by Gasteiger charge is -2.37. The van der Waals surface area contributed by atoms with Crippen molar-refractivity contribution in [2.24, 2.45) is 0 Å². The van der Waals surface area contributed by atoms with Crippen molar-refractivity contribution in [1.82, 2.24) is 4.90 Å². The summed E-state index contributed by atoms with van der Waals surface area (Å²) in [6.07, 6.45) is -0.333. The van der Waals surface area contributed by atoms with Crippen molar-refractivity contribution in [3.05, 3.63) is 38.9 Å². The lowest BCUT2D eigenvalue weighted by molar-refractivity contribution is -0.385. The molecule has 0 unspecified atom stereocenters. The predicted octanol–water partition coefficient (Wildman–Crippen LogP) is 4.71. The minimum absolute atomic E-state index is 0.140. The van der Waals surface area contributed by atoms with Gasteiger partial charge in [0.1, 0.15) is 11.8 Å². The Kier molecular flexibility index (Phi) is 7.77. The highest BCUT2D eigenvalue weighted by Crippen LogP contribution is 2.50. The third-order valence-corrected chi connectivity index (χ3v) is 5.57. The van der Waals surface area contributed by atoms with E-state index in [2.05, 4.69) is 0 Å². The number of carbonyl (C=O) groups is 1. The van der Waals surface area contributed by atoms with Crippen LogP contribution in [0.2, 0.25) is 5.02 Å². The molecule has 26 heavy (non-hydrogen) atoms. The molecule has 0 fully saturated rings. The van der Waals surface area contributed by atoms with Crippen LogP contribution in [-0.2, 0) is 13.6 Å². The molecule has 0 aliphatic heterocycles. The monoisotopic (exact) mass is 406 g/mol. The number of amides is 1. The summed E-state index contributed by atoms with van der Waals surface area (Å²) in [7, 11) is -3.59. The quantitative estimate of drug-likeness (QED) is 0.352. The Morgan fingerprint density at radius 2 is 1.81 bits per heavy atom. The summed E-state index contributed by atoms with van der Waals surface area (Å²) < 4.78 is 23.4. The number of hydrogen-bond acceptors (Lipinski definition) is 6. The van der Waals surface area contributed by atoms with Crippen molar-refractivity contribution in [2.45, 2.75) is 40.2 Å². The Balaban J connectivity index is 3.39. The molecule has 0 aliphatic rings. The number of nitro benzene ring substituents is 1. The standard InChI is InChI=1S/C16H24ClN2O6P/c1-6-24-26(23,25-7-2)11-18(16(3,4)5)15(20)13-10-12(17)8-9-14(13)19(21)22/h8-10H,6-7,11H2,1-5H3. The van der Waals surface area contributed by atoms with Crippen LogP contribution in [-0.4, -0.2) is 40.8 Å². The molecule has 0 atom stereocenters. The first-order chi connectivity index (χ1) is 11.9. The summed E-state index contributed by atoms with van der Waals surface area (Å²) in [5.74, 6) is -0.675. The summed E-state index contributed by atoms with van der Waals surface area (Å²) in [4.78, 5) is 25.0. The number of nitrogens with zero attached hydrogens (tertiary/aromatic N) is 2. The van der Waals surface area contributed by atoms with E-state index in [1.165, 1.54) is 23.1 Å². The summed E-state index contributed by atoms with van der Waals surface area (Å²) in [6.45, 7) is 8.78. The number of benzene rings is 1. The fourth-order valence-electron chi connectivity index (χ4n) is 2.25. The first kappa shape index (κ1) is 22.6. The summed E-state index contributed by atoms with van der Waals surface area (Å²) >= 11 is 5.92. The smallest absolute Gasteiger partial charge is 0.322 e. The van der Waals surface area contributed by atoms with E-state index >= 15 is 0 Å². The zero-order valence-corrected chi connectivity index (χ0v) is 17.2. The van der Waals surface area contributed by atoms with Crippen LogP contribution in [0.5, 0.6) is 0 Å². The molecule has 1 aromatic carbocycles. The molecule has 8 nitrogen and oxygen atoms in total. The van der Waals surface area contributed by atoms with Gasteiger partial charge in [0.2, 0.25) is 0 Å². The van der Waals surface area contributed by atoms with E-state index in [-0.39, 0.29) is 35.8 Å². The van der Waals surface area contributed by atoms with Gasteiger partial charge in [-0.15, -0.1) is 0 Å². The van der Waals surface area contributed by atoms with Gasteiger partial charge >= 0.3 is 7.60 Å². The Hall–Kier alpha value is -1.47. The Morgan fingerprint density at radius 1 is 1.27 bits per heavy atom. The van der Waals surface area contributed by atoms with Gasteiger partial charge in [-0.25, -0.2) is 0 Å². The van der Waals surface area contributed by atoms with E-state index < -0.39 is 24.0 Å². The van der Waals surface area contributed by atoms with Crippen LogP contribution in [0.15, 0.2) is 18.2 Å². The van der Waals surface area contributed by atoms with Gasteiger partial charge in [0.15, 0.2) is 0 Å². The Labute approximate surface area is 158 Å². The molecule has 0 bridgehead atoms. The first-order valence-corrected chi connectivity index (χ1v) is 10.2. The Morgan fingerprint density at radius 3 is 2.23 bits per heavy atom. The second-order valence-electron chi connectivity index (χ2n) is 6.41. The zero-order chi connectivity index (χ0) is 20.1. The number of hydrogen-bond donors (Lipinski definition) is 0. The van der Waals surface area contributed by atoms with Crippen molar-refractivity contribution >= 4 is 30.8 Å². The van der Waals surface area contributed by atoms with Gasteiger partial charge in [0.05, 0.1) is 18.1 Å². The van der Waals surface area contributed by atoms with Gasteiger partial charge in [-0.3, -0.25) is 19.5 Å². The fraction of sp³-hybridized carbons (Fsp3) is 0.562. The highest BCUT2D eigenvalue weighted by Gasteiger charge is 2.38. The molecule has 1 aromatic rings. The van der Waals surface area contributed by atoms with Crippen molar-refractivity contribution in [3.63, 3.8) is 0 Å². The average Bonchev–Trinajstić information content (AvgIpc) is 2.51. The maximum Gasteiger partial charge on any atom is 0.349 e. The molecule has 0 aromatic heterocycles. The van der Waals surface area contributed by atoms with Crippen molar-refractivity contribution < 1.29 is 23.3 Å². The molecule has 0 radical (unpaired) electrons. The van der Waals surface area contributed by atoms with E-state index in [0.29, 0.717) is 0 Å². The third kappa shape index (κ3) is 5.77. The second-order valence-corrected chi connectivity index (χ2v) is 8.87. The lowest BCUT2D eigenvalue weighted by Crippen LogP contribution is -2.46. The lowest BCUT2D eigenvalue weighted by atomic mass is 10.0. The van der Waals surface area contributed by atoms with E-state index in [1.807, 2.05) is 0 Å². The minimum Gasteiger partial charge on any atom is -0.322 e. The van der Waals surface area contributed by atoms with E-state index in [9.17, 15) is 19.5 Å². The van der Waals surface area contributed by atoms with Crippen LogP contribution in [0.4, 0.5) is 5.69 Å². The van der Waals surface area contributed by atoms with Crippen LogP contribution in [0.3, 0.4) is 0 Å². The maximum absolute atomic E-state index is 13.1. The highest BCUT2D eigenvalue weighted by atomic mass is 35.5. The van der Waals surface area contributed by atoms with Crippen molar-refractivity contribution in [2.75, 3.05) is 19.5 Å². The first-order valence-electron chi connectivity index (χ1n) is 8.09. The minimum atomic E-state index is -3.59. The SMILES string of the molecule is CCOP(=O)(CN(C(=O)c1cc(Cl)ccc1[N+](=O)[O-])C(C)(C)C)OCC. The predicted molar refractivity (Wildman–Crippen MR) is 99.8 cm³/mol. The van der Waals surface area contributed by atoms with Crippen LogP contribution < -0.4 is 0 Å². The molecule has 0 saturated heterocycles. The molecule has 10 heteroatoms. The molecular weight excluding hydrogens is 383 g/mol. The topological polar surface area (TPSA) is 99.0 Å². The van der Waals surface area contributed by atoms with Gasteiger partial charge in [0.25, 0.3) is 11.6 Å². The number of carbonyl (C=O) groups excluding carboxylic acids is 1. The van der Waals surface area contributed by atoms with Crippen molar-refractivity contribution in [1.29, 1.82) is 0 Å². The summed E-state index contributed by atoms with van der Waals surface area (Å²) in [5.41, 5.74) is -1.36. The molecular formula is C16H24ClN2O6P. The van der Waals surface area contributed by atoms with E-state index in [1.54, 1.807) is 34.6 Å². The Bertz CT molecular complexity index is 709. The van der Waals surface area contributed by atoms with Gasteiger partial charge in [0, 0.05) is 16.6 Å². The van der Waals surface area contributed by atoms with Gasteiger partial charge in [-0.1, -0.05) is 11.6 Å². The van der Waals surface area contributed by atoms with Gasteiger partial charge < -0.3 is 13.9 Å². The number of halogens is 1.